The number of hydrogen-bond donors (Lipinski definition) is 1. The maximum Gasteiger partial charge on any atom is 0.449 e. The first kappa shape index (κ1) is 11.0. The van der Waals surface area contributed by atoms with Crippen LogP contribution in [0.3, 0.4) is 0 Å². The van der Waals surface area contributed by atoms with Crippen LogP contribution in [0, 0.1) is 0 Å². The van der Waals surface area contributed by atoms with Crippen molar-refractivity contribution in [3.8, 4) is 0 Å². The fourth-order valence-corrected chi connectivity index (χ4v) is 1.17. The molecule has 0 unspecified atom stereocenters. The van der Waals surface area contributed by atoms with Crippen molar-refractivity contribution in [3.63, 3.8) is 0 Å². The highest BCUT2D eigenvalue weighted by Gasteiger charge is 2.35. The summed E-state index contributed by atoms with van der Waals surface area (Å²) in [5.74, 6) is -0.838. The number of imidazole rings is 1. The van der Waals surface area contributed by atoms with Gasteiger partial charge in [-0.05, 0) is 19.4 Å². The Labute approximate surface area is 79.7 Å². The van der Waals surface area contributed by atoms with Gasteiger partial charge in [0.2, 0.25) is 5.82 Å². The molecule has 0 saturated carbocycles. The highest BCUT2D eigenvalue weighted by atomic mass is 19.4. The SMILES string of the molecule is NCCCCn1ccnc1C(F)(F)F. The van der Waals surface area contributed by atoms with Gasteiger partial charge in [-0.15, -0.1) is 0 Å². The van der Waals surface area contributed by atoms with Crippen LogP contribution < -0.4 is 5.73 Å². The summed E-state index contributed by atoms with van der Waals surface area (Å²) in [6, 6.07) is 0. The van der Waals surface area contributed by atoms with Crippen LogP contribution in [0.15, 0.2) is 12.4 Å². The third kappa shape index (κ3) is 2.73. The van der Waals surface area contributed by atoms with Crippen molar-refractivity contribution >= 4 is 0 Å². The normalized spacial score (nSPS) is 12.0. The van der Waals surface area contributed by atoms with Gasteiger partial charge >= 0.3 is 6.18 Å². The average Bonchev–Trinajstić information content (AvgIpc) is 2.52. The van der Waals surface area contributed by atoms with Crippen LogP contribution in [0.2, 0.25) is 0 Å². The third-order valence-electron chi connectivity index (χ3n) is 1.82. The summed E-state index contributed by atoms with van der Waals surface area (Å²) < 4.78 is 38.0. The first-order valence-corrected chi connectivity index (χ1v) is 4.34. The molecule has 1 aromatic rings. The number of alkyl halides is 3. The van der Waals surface area contributed by atoms with E-state index in [0.29, 0.717) is 19.5 Å². The van der Waals surface area contributed by atoms with Gasteiger partial charge in [-0.3, -0.25) is 0 Å². The van der Waals surface area contributed by atoms with Gasteiger partial charge in [-0.2, -0.15) is 13.2 Å². The Balaban J connectivity index is 2.63. The average molecular weight is 207 g/mol. The maximum absolute atomic E-state index is 12.3. The van der Waals surface area contributed by atoms with Crippen LogP contribution >= 0.6 is 0 Å². The lowest BCUT2D eigenvalue weighted by Crippen LogP contribution is -2.15. The summed E-state index contributed by atoms with van der Waals surface area (Å²) in [6.45, 7) is 0.808. The maximum atomic E-state index is 12.3. The van der Waals surface area contributed by atoms with E-state index >= 15 is 0 Å². The second kappa shape index (κ2) is 4.45. The minimum Gasteiger partial charge on any atom is -0.330 e. The molecule has 1 aromatic heterocycles. The number of aryl methyl sites for hydroxylation is 1. The molecule has 0 spiro atoms. The van der Waals surface area contributed by atoms with Gasteiger partial charge in [0.1, 0.15) is 0 Å². The van der Waals surface area contributed by atoms with Crippen molar-refractivity contribution in [2.75, 3.05) is 6.54 Å². The van der Waals surface area contributed by atoms with Crippen molar-refractivity contribution in [2.24, 2.45) is 5.73 Å². The number of rotatable bonds is 4. The minimum absolute atomic E-state index is 0.312. The van der Waals surface area contributed by atoms with Crippen LogP contribution in [-0.4, -0.2) is 16.1 Å². The fourth-order valence-electron chi connectivity index (χ4n) is 1.17. The molecule has 0 aromatic carbocycles. The summed E-state index contributed by atoms with van der Waals surface area (Å²) >= 11 is 0. The molecule has 14 heavy (non-hydrogen) atoms. The fraction of sp³-hybridized carbons (Fsp3) is 0.625. The Bertz CT molecular complexity index is 280. The number of nitrogens with zero attached hydrogens (tertiary/aromatic N) is 2. The molecule has 0 aliphatic carbocycles. The van der Waals surface area contributed by atoms with E-state index < -0.39 is 12.0 Å². The topological polar surface area (TPSA) is 43.8 Å². The molecule has 0 bridgehead atoms. The summed E-state index contributed by atoms with van der Waals surface area (Å²) in [5.41, 5.74) is 5.24. The molecular formula is C8H12F3N3. The molecule has 0 amide bonds. The van der Waals surface area contributed by atoms with Crippen LogP contribution in [0.25, 0.3) is 0 Å². The summed E-state index contributed by atoms with van der Waals surface area (Å²) in [4.78, 5) is 3.27. The number of aromatic nitrogens is 2. The lowest BCUT2D eigenvalue weighted by molar-refractivity contribution is -0.147. The standard InChI is InChI=1S/C8H12F3N3/c9-8(10,11)7-13-4-6-14(7)5-2-1-3-12/h4,6H,1-3,5,12H2. The van der Waals surface area contributed by atoms with Crippen molar-refractivity contribution in [2.45, 2.75) is 25.6 Å². The number of unbranched alkanes of at least 4 members (excludes halogenated alkanes) is 1. The second-order valence-corrected chi connectivity index (χ2v) is 2.94. The molecule has 80 valence electrons. The number of hydrogen-bond acceptors (Lipinski definition) is 2. The molecule has 0 aliphatic heterocycles. The van der Waals surface area contributed by atoms with Crippen LogP contribution in [0.5, 0.6) is 0 Å². The quantitative estimate of drug-likeness (QED) is 0.763. The van der Waals surface area contributed by atoms with Crippen molar-refractivity contribution < 1.29 is 13.2 Å². The van der Waals surface area contributed by atoms with E-state index in [1.807, 2.05) is 0 Å². The lowest BCUT2D eigenvalue weighted by Gasteiger charge is -2.09. The van der Waals surface area contributed by atoms with E-state index in [0.717, 1.165) is 17.2 Å². The Kier molecular flexibility index (Phi) is 3.51. The molecule has 2 N–H and O–H groups in total. The van der Waals surface area contributed by atoms with Gasteiger partial charge < -0.3 is 10.3 Å². The Morgan fingerprint density at radius 1 is 1.36 bits per heavy atom. The molecule has 6 heteroatoms. The predicted molar refractivity (Wildman–Crippen MR) is 45.5 cm³/mol. The first-order valence-electron chi connectivity index (χ1n) is 4.34. The van der Waals surface area contributed by atoms with Crippen molar-refractivity contribution in [3.05, 3.63) is 18.2 Å². The number of nitrogens with two attached hydrogens (primary N) is 1. The predicted octanol–water partition coefficient (Wildman–Crippen LogP) is 1.64. The molecular weight excluding hydrogens is 195 g/mol. The van der Waals surface area contributed by atoms with Gasteiger partial charge in [0, 0.05) is 18.9 Å². The Morgan fingerprint density at radius 3 is 2.64 bits per heavy atom. The molecule has 0 saturated heterocycles. The van der Waals surface area contributed by atoms with Gasteiger partial charge in [-0.1, -0.05) is 0 Å². The van der Waals surface area contributed by atoms with Crippen LogP contribution in [0.1, 0.15) is 18.7 Å². The van der Waals surface area contributed by atoms with Crippen LogP contribution in [0.4, 0.5) is 13.2 Å². The van der Waals surface area contributed by atoms with E-state index in [-0.39, 0.29) is 0 Å². The Morgan fingerprint density at radius 2 is 2.07 bits per heavy atom. The molecule has 3 nitrogen and oxygen atoms in total. The third-order valence-corrected chi connectivity index (χ3v) is 1.82. The molecule has 1 rings (SSSR count). The zero-order valence-corrected chi connectivity index (χ0v) is 7.59. The van der Waals surface area contributed by atoms with E-state index in [2.05, 4.69) is 4.98 Å². The van der Waals surface area contributed by atoms with Gasteiger partial charge in [-0.25, -0.2) is 4.98 Å². The summed E-state index contributed by atoms with van der Waals surface area (Å²) in [7, 11) is 0. The van der Waals surface area contributed by atoms with Crippen LogP contribution in [-0.2, 0) is 12.7 Å². The van der Waals surface area contributed by atoms with Gasteiger partial charge in [0.05, 0.1) is 0 Å². The zero-order chi connectivity index (χ0) is 10.6. The van der Waals surface area contributed by atoms with Gasteiger partial charge in [0.15, 0.2) is 0 Å². The first-order chi connectivity index (χ1) is 6.55. The molecule has 0 atom stereocenters. The highest BCUT2D eigenvalue weighted by Crippen LogP contribution is 2.27. The monoisotopic (exact) mass is 207 g/mol. The molecule has 0 radical (unpaired) electrons. The molecule has 0 aliphatic rings. The Hall–Kier alpha value is -1.04. The van der Waals surface area contributed by atoms with Crippen molar-refractivity contribution in [1.29, 1.82) is 0 Å². The largest absolute Gasteiger partial charge is 0.449 e. The summed E-state index contributed by atoms with van der Waals surface area (Å²) in [5, 5.41) is 0. The molecule has 1 heterocycles. The van der Waals surface area contributed by atoms with E-state index in [1.165, 1.54) is 6.20 Å². The number of halogens is 3. The minimum atomic E-state index is -4.37. The highest BCUT2D eigenvalue weighted by molar-refractivity contribution is 4.96. The molecule has 0 fully saturated rings. The van der Waals surface area contributed by atoms with E-state index in [4.69, 9.17) is 5.73 Å². The zero-order valence-electron chi connectivity index (χ0n) is 7.59. The van der Waals surface area contributed by atoms with Crippen molar-refractivity contribution in [1.82, 2.24) is 9.55 Å². The van der Waals surface area contributed by atoms with Gasteiger partial charge in [0.25, 0.3) is 0 Å². The lowest BCUT2D eigenvalue weighted by atomic mass is 10.3. The van der Waals surface area contributed by atoms with E-state index in [1.54, 1.807) is 0 Å². The van der Waals surface area contributed by atoms with E-state index in [9.17, 15) is 13.2 Å². The second-order valence-electron chi connectivity index (χ2n) is 2.94. The smallest absolute Gasteiger partial charge is 0.330 e. The summed E-state index contributed by atoms with van der Waals surface area (Å²) in [6.07, 6.45) is -0.526.